The average molecular weight is 324 g/mol. The molecule has 0 aliphatic heterocycles. The summed E-state index contributed by atoms with van der Waals surface area (Å²) in [6.07, 6.45) is 0. The number of carbonyl (C=O) groups excluding carboxylic acids is 1. The first-order valence-electron chi connectivity index (χ1n) is 5.05. The van der Waals surface area contributed by atoms with Crippen molar-refractivity contribution in [2.24, 2.45) is 0 Å². The summed E-state index contributed by atoms with van der Waals surface area (Å²) in [5.41, 5.74) is -0.487. The number of halogens is 3. The molecule has 0 saturated carbocycles. The van der Waals surface area contributed by atoms with Crippen molar-refractivity contribution < 1.29 is 23.0 Å². The SMILES string of the molecule is COCCOCC(=O)Nc1c(F)cc(Br)cc1F. The third-order valence-corrected chi connectivity index (χ3v) is 2.39. The molecule has 1 N–H and O–H groups in total. The molecule has 0 aromatic heterocycles. The maximum Gasteiger partial charge on any atom is 0.250 e. The van der Waals surface area contributed by atoms with Gasteiger partial charge in [0.05, 0.1) is 13.2 Å². The number of rotatable bonds is 6. The highest BCUT2D eigenvalue weighted by Crippen LogP contribution is 2.23. The lowest BCUT2D eigenvalue weighted by Crippen LogP contribution is -2.21. The van der Waals surface area contributed by atoms with E-state index in [4.69, 9.17) is 9.47 Å². The van der Waals surface area contributed by atoms with Crippen molar-refractivity contribution in [3.8, 4) is 0 Å². The van der Waals surface area contributed by atoms with Crippen molar-refractivity contribution >= 4 is 27.5 Å². The van der Waals surface area contributed by atoms with Crippen LogP contribution in [0.3, 0.4) is 0 Å². The van der Waals surface area contributed by atoms with Gasteiger partial charge in [-0.15, -0.1) is 0 Å². The number of hydrogen-bond acceptors (Lipinski definition) is 3. The number of ether oxygens (including phenoxy) is 2. The van der Waals surface area contributed by atoms with Crippen LogP contribution < -0.4 is 5.32 Å². The summed E-state index contributed by atoms with van der Waals surface area (Å²) in [5, 5.41) is 2.11. The van der Waals surface area contributed by atoms with Crippen molar-refractivity contribution in [3.63, 3.8) is 0 Å². The Kier molecular flexibility index (Phi) is 6.17. The zero-order chi connectivity index (χ0) is 13.5. The summed E-state index contributed by atoms with van der Waals surface area (Å²) in [7, 11) is 1.50. The summed E-state index contributed by atoms with van der Waals surface area (Å²) in [6.45, 7) is 0.280. The molecule has 0 atom stereocenters. The third kappa shape index (κ3) is 4.67. The van der Waals surface area contributed by atoms with E-state index in [9.17, 15) is 13.6 Å². The highest BCUT2D eigenvalue weighted by atomic mass is 79.9. The molecule has 0 bridgehead atoms. The molecule has 0 fully saturated rings. The lowest BCUT2D eigenvalue weighted by molar-refractivity contribution is -0.121. The van der Waals surface area contributed by atoms with E-state index >= 15 is 0 Å². The number of nitrogens with one attached hydrogen (secondary N) is 1. The molecule has 0 aliphatic carbocycles. The Hall–Kier alpha value is -1.05. The minimum absolute atomic E-state index is 0.231. The molecule has 1 rings (SSSR count). The molecule has 4 nitrogen and oxygen atoms in total. The van der Waals surface area contributed by atoms with Crippen LogP contribution >= 0.6 is 15.9 Å². The number of methoxy groups -OCH3 is 1. The summed E-state index contributed by atoms with van der Waals surface area (Å²) in [4.78, 5) is 11.3. The van der Waals surface area contributed by atoms with Crippen LogP contribution in [0.5, 0.6) is 0 Å². The number of benzene rings is 1. The smallest absolute Gasteiger partial charge is 0.250 e. The van der Waals surface area contributed by atoms with Gasteiger partial charge in [0.15, 0.2) is 11.6 Å². The van der Waals surface area contributed by atoms with Crippen molar-refractivity contribution in [3.05, 3.63) is 28.2 Å². The predicted molar refractivity (Wildman–Crippen MR) is 65.4 cm³/mol. The lowest BCUT2D eigenvalue weighted by atomic mass is 10.3. The van der Waals surface area contributed by atoms with Gasteiger partial charge in [-0.05, 0) is 12.1 Å². The van der Waals surface area contributed by atoms with Gasteiger partial charge < -0.3 is 14.8 Å². The van der Waals surface area contributed by atoms with Gasteiger partial charge in [-0.2, -0.15) is 0 Å². The minimum atomic E-state index is -0.855. The quantitative estimate of drug-likeness (QED) is 0.817. The van der Waals surface area contributed by atoms with Crippen molar-refractivity contribution in [1.82, 2.24) is 0 Å². The maximum absolute atomic E-state index is 13.4. The van der Waals surface area contributed by atoms with Gasteiger partial charge in [0.25, 0.3) is 5.91 Å². The Balaban J connectivity index is 2.54. The molecular weight excluding hydrogens is 312 g/mol. The van der Waals surface area contributed by atoms with Gasteiger partial charge in [-0.25, -0.2) is 8.78 Å². The first-order chi connectivity index (χ1) is 8.54. The number of anilines is 1. The Morgan fingerprint density at radius 2 is 1.94 bits per heavy atom. The van der Waals surface area contributed by atoms with Crippen LogP contribution in [0.1, 0.15) is 0 Å². The van der Waals surface area contributed by atoms with Gasteiger partial charge in [-0.3, -0.25) is 4.79 Å². The molecule has 0 saturated heterocycles. The second-order valence-electron chi connectivity index (χ2n) is 3.34. The van der Waals surface area contributed by atoms with Crippen LogP contribution in [0, 0.1) is 11.6 Å². The summed E-state index contributed by atoms with van der Waals surface area (Å²) >= 11 is 2.94. The summed E-state index contributed by atoms with van der Waals surface area (Å²) < 4.78 is 36.6. The highest BCUT2D eigenvalue weighted by Gasteiger charge is 2.13. The molecule has 100 valence electrons. The van der Waals surface area contributed by atoms with E-state index in [1.54, 1.807) is 0 Å². The fourth-order valence-corrected chi connectivity index (χ4v) is 1.55. The summed E-state index contributed by atoms with van der Waals surface area (Å²) in [5.74, 6) is -2.34. The molecule has 0 unspecified atom stereocenters. The van der Waals surface area contributed by atoms with Crippen molar-refractivity contribution in [2.75, 3.05) is 32.2 Å². The van der Waals surface area contributed by atoms with Gasteiger partial charge in [-0.1, -0.05) is 15.9 Å². The van der Waals surface area contributed by atoms with Gasteiger partial charge in [0.1, 0.15) is 12.3 Å². The van der Waals surface area contributed by atoms with Gasteiger partial charge in [0.2, 0.25) is 0 Å². The predicted octanol–water partition coefficient (Wildman–Crippen LogP) is 2.33. The number of hydrogen-bond donors (Lipinski definition) is 1. The minimum Gasteiger partial charge on any atom is -0.382 e. The van der Waals surface area contributed by atoms with Gasteiger partial charge >= 0.3 is 0 Å². The summed E-state index contributed by atoms with van der Waals surface area (Å²) in [6, 6.07) is 2.12. The monoisotopic (exact) mass is 323 g/mol. The van der Waals surface area contributed by atoms with Crippen LogP contribution in [0.25, 0.3) is 0 Å². The van der Waals surface area contributed by atoms with E-state index in [0.29, 0.717) is 6.61 Å². The molecule has 1 aromatic rings. The molecule has 0 spiro atoms. The van der Waals surface area contributed by atoms with Crippen LogP contribution in [0.4, 0.5) is 14.5 Å². The molecule has 7 heteroatoms. The van der Waals surface area contributed by atoms with E-state index in [2.05, 4.69) is 21.2 Å². The largest absolute Gasteiger partial charge is 0.382 e. The Labute approximate surface area is 111 Å². The van der Waals surface area contributed by atoms with Crippen molar-refractivity contribution in [1.29, 1.82) is 0 Å². The maximum atomic E-state index is 13.4. The molecule has 1 aromatic carbocycles. The van der Waals surface area contributed by atoms with Crippen LogP contribution in [0.2, 0.25) is 0 Å². The highest BCUT2D eigenvalue weighted by molar-refractivity contribution is 9.10. The Bertz CT molecular complexity index is 406. The van der Waals surface area contributed by atoms with Crippen LogP contribution in [-0.4, -0.2) is 32.8 Å². The number of carbonyl (C=O) groups is 1. The Morgan fingerprint density at radius 3 is 2.50 bits per heavy atom. The standard InChI is InChI=1S/C11H12BrF2NO3/c1-17-2-3-18-6-10(16)15-11-8(13)4-7(12)5-9(11)14/h4-5H,2-3,6H2,1H3,(H,15,16). The normalized spacial score (nSPS) is 10.4. The van der Waals surface area contributed by atoms with E-state index in [0.717, 1.165) is 12.1 Å². The molecule has 18 heavy (non-hydrogen) atoms. The third-order valence-electron chi connectivity index (χ3n) is 1.94. The molecule has 0 radical (unpaired) electrons. The van der Waals surface area contributed by atoms with E-state index in [1.807, 2.05) is 0 Å². The van der Waals surface area contributed by atoms with E-state index in [-0.39, 0.29) is 17.7 Å². The second-order valence-corrected chi connectivity index (χ2v) is 4.25. The second kappa shape index (κ2) is 7.40. The lowest BCUT2D eigenvalue weighted by Gasteiger charge is -2.08. The van der Waals surface area contributed by atoms with E-state index < -0.39 is 23.2 Å². The average Bonchev–Trinajstić information content (AvgIpc) is 2.29. The first-order valence-corrected chi connectivity index (χ1v) is 5.85. The number of amides is 1. The first kappa shape index (κ1) is 15.0. The van der Waals surface area contributed by atoms with Crippen LogP contribution in [0.15, 0.2) is 16.6 Å². The van der Waals surface area contributed by atoms with Crippen molar-refractivity contribution in [2.45, 2.75) is 0 Å². The fraction of sp³-hybridized carbons (Fsp3) is 0.364. The zero-order valence-corrected chi connectivity index (χ0v) is 11.2. The molecule has 0 aliphatic rings. The molecular formula is C11H12BrF2NO3. The fourth-order valence-electron chi connectivity index (χ4n) is 1.14. The molecule has 1 amide bonds. The Morgan fingerprint density at radius 1 is 1.33 bits per heavy atom. The van der Waals surface area contributed by atoms with Crippen LogP contribution in [-0.2, 0) is 14.3 Å². The topological polar surface area (TPSA) is 47.6 Å². The van der Waals surface area contributed by atoms with Gasteiger partial charge in [0, 0.05) is 11.6 Å². The van der Waals surface area contributed by atoms with E-state index in [1.165, 1.54) is 7.11 Å². The zero-order valence-electron chi connectivity index (χ0n) is 9.63. The molecule has 0 heterocycles.